The Morgan fingerprint density at radius 3 is 2.71 bits per heavy atom. The predicted molar refractivity (Wildman–Crippen MR) is 119 cm³/mol. The van der Waals surface area contributed by atoms with E-state index >= 15 is 0 Å². The van der Waals surface area contributed by atoms with Gasteiger partial charge in [0, 0.05) is 24.6 Å². The first kappa shape index (κ1) is 22.4. The van der Waals surface area contributed by atoms with Crippen molar-refractivity contribution < 1.29 is 0 Å². The van der Waals surface area contributed by atoms with E-state index in [1.54, 1.807) is 0 Å². The van der Waals surface area contributed by atoms with Gasteiger partial charge in [-0.25, -0.2) is 4.99 Å². The summed E-state index contributed by atoms with van der Waals surface area (Å²) in [4.78, 5) is 4.73. The first-order valence-electron chi connectivity index (χ1n) is 10.1. The Hall–Kier alpha value is -1.89. The van der Waals surface area contributed by atoms with Crippen LogP contribution in [0, 0.1) is 12.8 Å². The summed E-state index contributed by atoms with van der Waals surface area (Å²) in [6, 6.07) is 8.56. The first-order chi connectivity index (χ1) is 13.5. The molecule has 1 unspecified atom stereocenters. The van der Waals surface area contributed by atoms with E-state index in [0.717, 1.165) is 60.9 Å². The lowest BCUT2D eigenvalue weighted by atomic mass is 9.97. The van der Waals surface area contributed by atoms with E-state index in [2.05, 4.69) is 74.9 Å². The molecule has 154 valence electrons. The summed E-state index contributed by atoms with van der Waals surface area (Å²) < 4.78 is 3.12. The van der Waals surface area contributed by atoms with E-state index in [1.165, 1.54) is 5.56 Å². The van der Waals surface area contributed by atoms with Crippen LogP contribution in [0.5, 0.6) is 0 Å². The van der Waals surface area contributed by atoms with Crippen LogP contribution in [0.25, 0.3) is 0 Å². The van der Waals surface area contributed by atoms with Gasteiger partial charge in [0.25, 0.3) is 0 Å². The standard InChI is InChI=1S/C21H33BrN6/c1-5-7-11-23-21(25-15-20-27-26-16(3)28(20)4)24-14-17(6-2)12-18-9-8-10-19(22)13-18/h8-10,13,17H,5-7,11-12,14-15H2,1-4H3,(H2,23,24,25). The molecule has 1 aromatic heterocycles. The van der Waals surface area contributed by atoms with Gasteiger partial charge in [-0.1, -0.05) is 54.8 Å². The normalized spacial score (nSPS) is 12.8. The van der Waals surface area contributed by atoms with Crippen LogP contribution in [-0.2, 0) is 20.0 Å². The lowest BCUT2D eigenvalue weighted by molar-refractivity contribution is 0.493. The highest BCUT2D eigenvalue weighted by molar-refractivity contribution is 9.10. The van der Waals surface area contributed by atoms with Crippen molar-refractivity contribution in [2.24, 2.45) is 18.0 Å². The summed E-state index contributed by atoms with van der Waals surface area (Å²) in [5.41, 5.74) is 1.36. The van der Waals surface area contributed by atoms with Gasteiger partial charge < -0.3 is 15.2 Å². The van der Waals surface area contributed by atoms with Gasteiger partial charge in [-0.05, 0) is 43.4 Å². The number of hydrogen-bond donors (Lipinski definition) is 2. The van der Waals surface area contributed by atoms with Gasteiger partial charge in [-0.3, -0.25) is 0 Å². The Balaban J connectivity index is 1.97. The molecule has 28 heavy (non-hydrogen) atoms. The summed E-state index contributed by atoms with van der Waals surface area (Å²) in [7, 11) is 1.98. The smallest absolute Gasteiger partial charge is 0.191 e. The minimum Gasteiger partial charge on any atom is -0.356 e. The molecule has 0 aliphatic rings. The van der Waals surface area contributed by atoms with Crippen LogP contribution in [0.2, 0.25) is 0 Å². The van der Waals surface area contributed by atoms with Gasteiger partial charge in [0.2, 0.25) is 0 Å². The highest BCUT2D eigenvalue weighted by atomic mass is 79.9. The monoisotopic (exact) mass is 448 g/mol. The number of unbranched alkanes of at least 4 members (excludes halogenated alkanes) is 1. The van der Waals surface area contributed by atoms with Crippen LogP contribution in [-0.4, -0.2) is 33.8 Å². The number of guanidine groups is 1. The SMILES string of the molecule is CCCCNC(=NCc1nnc(C)n1C)NCC(CC)Cc1cccc(Br)c1. The zero-order chi connectivity index (χ0) is 20.4. The fourth-order valence-corrected chi connectivity index (χ4v) is 3.34. The molecule has 1 heterocycles. The van der Waals surface area contributed by atoms with Crippen LogP contribution in [0.15, 0.2) is 33.7 Å². The molecule has 0 saturated heterocycles. The second-order valence-electron chi connectivity index (χ2n) is 7.16. The molecule has 0 spiro atoms. The second-order valence-corrected chi connectivity index (χ2v) is 8.07. The number of aryl methyl sites for hydroxylation is 1. The molecule has 2 aromatic rings. The number of aromatic nitrogens is 3. The molecule has 1 atom stereocenters. The number of rotatable bonds is 10. The zero-order valence-corrected chi connectivity index (χ0v) is 19.1. The van der Waals surface area contributed by atoms with Gasteiger partial charge in [0.15, 0.2) is 11.8 Å². The Kier molecular flexibility index (Phi) is 9.47. The molecule has 2 N–H and O–H groups in total. The molecular weight excluding hydrogens is 416 g/mol. The van der Waals surface area contributed by atoms with Crippen LogP contribution < -0.4 is 10.6 Å². The van der Waals surface area contributed by atoms with Crippen molar-refractivity contribution in [3.63, 3.8) is 0 Å². The molecule has 0 aliphatic carbocycles. The van der Waals surface area contributed by atoms with Crippen molar-refractivity contribution in [1.82, 2.24) is 25.4 Å². The summed E-state index contributed by atoms with van der Waals surface area (Å²) in [5.74, 6) is 3.17. The third-order valence-electron chi connectivity index (χ3n) is 4.93. The third-order valence-corrected chi connectivity index (χ3v) is 5.43. The molecule has 0 bridgehead atoms. The van der Waals surface area contributed by atoms with Crippen LogP contribution in [0.3, 0.4) is 0 Å². The molecule has 0 saturated carbocycles. The Morgan fingerprint density at radius 1 is 1.25 bits per heavy atom. The van der Waals surface area contributed by atoms with Crippen LogP contribution in [0.1, 0.15) is 50.3 Å². The summed E-state index contributed by atoms with van der Waals surface area (Å²) in [6.07, 6.45) is 4.44. The van der Waals surface area contributed by atoms with E-state index in [9.17, 15) is 0 Å². The van der Waals surface area contributed by atoms with E-state index in [0.29, 0.717) is 12.5 Å². The number of aliphatic imine (C=N–C) groups is 1. The highest BCUT2D eigenvalue weighted by Crippen LogP contribution is 2.16. The molecule has 2 rings (SSSR count). The topological polar surface area (TPSA) is 67.1 Å². The van der Waals surface area contributed by atoms with E-state index in [4.69, 9.17) is 4.99 Å². The average molecular weight is 449 g/mol. The maximum Gasteiger partial charge on any atom is 0.191 e. The number of nitrogens with one attached hydrogen (secondary N) is 2. The van der Waals surface area contributed by atoms with E-state index in [1.807, 2.05) is 18.5 Å². The molecule has 6 nitrogen and oxygen atoms in total. The summed E-state index contributed by atoms with van der Waals surface area (Å²) >= 11 is 3.56. The van der Waals surface area contributed by atoms with Crippen molar-refractivity contribution in [2.75, 3.05) is 13.1 Å². The van der Waals surface area contributed by atoms with Gasteiger partial charge >= 0.3 is 0 Å². The van der Waals surface area contributed by atoms with Crippen LogP contribution >= 0.6 is 15.9 Å². The van der Waals surface area contributed by atoms with E-state index < -0.39 is 0 Å². The first-order valence-corrected chi connectivity index (χ1v) is 10.9. The third kappa shape index (κ3) is 7.26. The zero-order valence-electron chi connectivity index (χ0n) is 17.5. The van der Waals surface area contributed by atoms with Crippen molar-refractivity contribution in [2.45, 2.75) is 53.0 Å². The average Bonchev–Trinajstić information content (AvgIpc) is 3.00. The van der Waals surface area contributed by atoms with Gasteiger partial charge in [0.05, 0.1) is 0 Å². The molecule has 0 fully saturated rings. The lowest BCUT2D eigenvalue weighted by Gasteiger charge is -2.19. The summed E-state index contributed by atoms with van der Waals surface area (Å²) in [6.45, 7) is 8.71. The van der Waals surface area contributed by atoms with Crippen molar-refractivity contribution in [3.05, 3.63) is 46.0 Å². The molecule has 1 aromatic carbocycles. The fraction of sp³-hybridized carbons (Fsp3) is 0.571. The highest BCUT2D eigenvalue weighted by Gasteiger charge is 2.10. The van der Waals surface area contributed by atoms with Crippen LogP contribution in [0.4, 0.5) is 0 Å². The van der Waals surface area contributed by atoms with Crippen molar-refractivity contribution in [3.8, 4) is 0 Å². The molecule has 7 heteroatoms. The molecule has 0 aliphatic heterocycles. The Morgan fingerprint density at radius 2 is 2.07 bits per heavy atom. The molecule has 0 amide bonds. The Labute approximate surface area is 177 Å². The largest absolute Gasteiger partial charge is 0.356 e. The minimum absolute atomic E-state index is 0.515. The number of hydrogen-bond acceptors (Lipinski definition) is 3. The quantitative estimate of drug-likeness (QED) is 0.327. The molecule has 0 radical (unpaired) electrons. The minimum atomic E-state index is 0.515. The number of benzene rings is 1. The summed E-state index contributed by atoms with van der Waals surface area (Å²) in [5, 5.41) is 15.3. The predicted octanol–water partition coefficient (Wildman–Crippen LogP) is 3.99. The Bertz CT molecular complexity index is 755. The van der Waals surface area contributed by atoms with Gasteiger partial charge in [-0.2, -0.15) is 0 Å². The second kappa shape index (κ2) is 11.8. The van der Waals surface area contributed by atoms with E-state index in [-0.39, 0.29) is 0 Å². The molecular formula is C21H33BrN6. The fourth-order valence-electron chi connectivity index (χ4n) is 2.90. The number of nitrogens with zero attached hydrogens (tertiary/aromatic N) is 4. The lowest BCUT2D eigenvalue weighted by Crippen LogP contribution is -2.40. The maximum absolute atomic E-state index is 4.73. The van der Waals surface area contributed by atoms with Crippen molar-refractivity contribution in [1.29, 1.82) is 0 Å². The number of halogens is 1. The van der Waals surface area contributed by atoms with Gasteiger partial charge in [0.1, 0.15) is 12.4 Å². The van der Waals surface area contributed by atoms with Crippen molar-refractivity contribution >= 4 is 21.9 Å². The van der Waals surface area contributed by atoms with Gasteiger partial charge in [-0.15, -0.1) is 10.2 Å². The maximum atomic E-state index is 4.73.